The number of hydrogen-bond acceptors (Lipinski definition) is 5. The number of anilines is 1. The van der Waals surface area contributed by atoms with Crippen molar-refractivity contribution in [3.63, 3.8) is 0 Å². The molecule has 0 radical (unpaired) electrons. The molecule has 0 saturated heterocycles. The number of benzene rings is 1. The quantitative estimate of drug-likeness (QED) is 0.791. The van der Waals surface area contributed by atoms with Crippen LogP contribution < -0.4 is 20.5 Å². The maximum absolute atomic E-state index is 12.4. The average Bonchev–Trinajstić information content (AvgIpc) is 3.22. The normalized spacial score (nSPS) is 17.7. The fraction of sp³-hybridized carbons (Fsp3) is 0.300. The monoisotopic (exact) mass is 384 g/mol. The fourth-order valence-electron chi connectivity index (χ4n) is 3.44. The van der Waals surface area contributed by atoms with Crippen molar-refractivity contribution in [1.82, 2.24) is 0 Å². The Labute approximate surface area is 161 Å². The van der Waals surface area contributed by atoms with E-state index in [0.717, 1.165) is 35.3 Å². The Hall–Kier alpha value is -2.80. The highest BCUT2D eigenvalue weighted by molar-refractivity contribution is 7.17. The standard InChI is InChI=1S/C20H20N2O4S/c1-11-2-5-13-16(8-11)27-20(18(13)19(21)24)22-17(23)7-4-12-3-6-14-15(9-12)26-10-25-14/h3-4,6-7,9,11H,2,5,8,10H2,1H3,(H2,21,24)(H,22,23)/b7-4+/t11-/m0/s1. The third-order valence-electron chi connectivity index (χ3n) is 4.82. The summed E-state index contributed by atoms with van der Waals surface area (Å²) >= 11 is 1.46. The molecule has 1 aromatic heterocycles. The topological polar surface area (TPSA) is 90.7 Å². The number of hydrogen-bond donors (Lipinski definition) is 2. The lowest BCUT2D eigenvalue weighted by Crippen LogP contribution is -2.18. The van der Waals surface area contributed by atoms with Crippen molar-refractivity contribution in [3.05, 3.63) is 45.8 Å². The van der Waals surface area contributed by atoms with Crippen LogP contribution in [0.15, 0.2) is 24.3 Å². The Morgan fingerprint density at radius 1 is 1.30 bits per heavy atom. The summed E-state index contributed by atoms with van der Waals surface area (Å²) in [6.07, 6.45) is 5.90. The van der Waals surface area contributed by atoms with Gasteiger partial charge < -0.3 is 20.5 Å². The van der Waals surface area contributed by atoms with Crippen LogP contribution in [0.5, 0.6) is 11.5 Å². The first-order chi connectivity index (χ1) is 13.0. The Morgan fingerprint density at radius 3 is 2.93 bits per heavy atom. The van der Waals surface area contributed by atoms with Crippen LogP contribution in [0, 0.1) is 5.92 Å². The Balaban J connectivity index is 1.52. The number of primary amides is 1. The Kier molecular flexibility index (Phi) is 4.61. The Morgan fingerprint density at radius 2 is 2.11 bits per heavy atom. The van der Waals surface area contributed by atoms with Gasteiger partial charge in [-0.3, -0.25) is 9.59 Å². The molecule has 0 fully saturated rings. The van der Waals surface area contributed by atoms with E-state index in [0.29, 0.717) is 28.0 Å². The number of amides is 2. The number of carbonyl (C=O) groups excluding carboxylic acids is 2. The molecule has 6 nitrogen and oxygen atoms in total. The number of fused-ring (bicyclic) bond motifs is 2. The van der Waals surface area contributed by atoms with Crippen LogP contribution in [-0.4, -0.2) is 18.6 Å². The van der Waals surface area contributed by atoms with Crippen molar-refractivity contribution < 1.29 is 19.1 Å². The van der Waals surface area contributed by atoms with Gasteiger partial charge in [-0.05, 0) is 54.5 Å². The van der Waals surface area contributed by atoms with Crippen LogP contribution in [0.4, 0.5) is 5.00 Å². The maximum Gasteiger partial charge on any atom is 0.251 e. The van der Waals surface area contributed by atoms with Crippen molar-refractivity contribution in [1.29, 1.82) is 0 Å². The largest absolute Gasteiger partial charge is 0.454 e. The average molecular weight is 384 g/mol. The second kappa shape index (κ2) is 7.08. The van der Waals surface area contributed by atoms with E-state index in [1.54, 1.807) is 12.1 Å². The molecule has 0 bridgehead atoms. The molecule has 2 aliphatic rings. The fourth-order valence-corrected chi connectivity index (χ4v) is 4.86. The van der Waals surface area contributed by atoms with E-state index < -0.39 is 5.91 Å². The van der Waals surface area contributed by atoms with Gasteiger partial charge in [0, 0.05) is 11.0 Å². The summed E-state index contributed by atoms with van der Waals surface area (Å²) in [5.41, 5.74) is 7.87. The minimum Gasteiger partial charge on any atom is -0.454 e. The van der Waals surface area contributed by atoms with E-state index in [-0.39, 0.29) is 12.7 Å². The molecule has 0 unspecified atom stereocenters. The zero-order valence-corrected chi connectivity index (χ0v) is 15.7. The number of rotatable bonds is 4. The number of thiophene rings is 1. The van der Waals surface area contributed by atoms with E-state index in [1.807, 2.05) is 12.1 Å². The number of nitrogens with two attached hydrogens (primary N) is 1. The molecule has 2 heterocycles. The number of nitrogens with one attached hydrogen (secondary N) is 1. The minimum absolute atomic E-state index is 0.209. The lowest BCUT2D eigenvalue weighted by atomic mass is 9.88. The molecular weight excluding hydrogens is 364 g/mol. The predicted octanol–water partition coefficient (Wildman–Crippen LogP) is 3.35. The van der Waals surface area contributed by atoms with Crippen molar-refractivity contribution in [2.24, 2.45) is 11.7 Å². The van der Waals surface area contributed by atoms with Gasteiger partial charge >= 0.3 is 0 Å². The Bertz CT molecular complexity index is 948. The lowest BCUT2D eigenvalue weighted by molar-refractivity contribution is -0.111. The van der Waals surface area contributed by atoms with Gasteiger partial charge in [-0.15, -0.1) is 11.3 Å². The molecule has 140 valence electrons. The van der Waals surface area contributed by atoms with Crippen molar-refractivity contribution in [2.75, 3.05) is 12.1 Å². The van der Waals surface area contributed by atoms with Gasteiger partial charge in [-0.2, -0.15) is 0 Å². The first kappa shape index (κ1) is 17.6. The van der Waals surface area contributed by atoms with Gasteiger partial charge in [-0.1, -0.05) is 13.0 Å². The molecular formula is C20H20N2O4S. The summed E-state index contributed by atoms with van der Waals surface area (Å²) < 4.78 is 10.6. The van der Waals surface area contributed by atoms with Crippen LogP contribution in [0.2, 0.25) is 0 Å². The molecule has 0 spiro atoms. The van der Waals surface area contributed by atoms with Crippen LogP contribution in [0.1, 0.15) is 39.7 Å². The second-order valence-electron chi connectivity index (χ2n) is 6.86. The van der Waals surface area contributed by atoms with Crippen molar-refractivity contribution in [2.45, 2.75) is 26.2 Å². The molecule has 4 rings (SSSR count). The van der Waals surface area contributed by atoms with Crippen LogP contribution in [0.3, 0.4) is 0 Å². The summed E-state index contributed by atoms with van der Waals surface area (Å²) in [5.74, 6) is 1.14. The van der Waals surface area contributed by atoms with Gasteiger partial charge in [0.15, 0.2) is 11.5 Å². The van der Waals surface area contributed by atoms with Gasteiger partial charge in [0.05, 0.1) is 5.56 Å². The van der Waals surface area contributed by atoms with Crippen molar-refractivity contribution >= 4 is 34.2 Å². The zero-order chi connectivity index (χ0) is 19.0. The number of carbonyl (C=O) groups is 2. The predicted molar refractivity (Wildman–Crippen MR) is 104 cm³/mol. The van der Waals surface area contributed by atoms with Crippen LogP contribution in [-0.2, 0) is 17.6 Å². The van der Waals surface area contributed by atoms with E-state index in [9.17, 15) is 9.59 Å². The molecule has 2 amide bonds. The molecule has 3 N–H and O–H groups in total. The highest BCUT2D eigenvalue weighted by Crippen LogP contribution is 2.39. The van der Waals surface area contributed by atoms with Crippen molar-refractivity contribution in [3.8, 4) is 11.5 Å². The highest BCUT2D eigenvalue weighted by atomic mass is 32.1. The molecule has 2 aromatic rings. The van der Waals surface area contributed by atoms with E-state index in [1.165, 1.54) is 17.4 Å². The number of ether oxygens (including phenoxy) is 2. The van der Waals surface area contributed by atoms with Gasteiger partial charge in [0.25, 0.3) is 5.91 Å². The molecule has 1 aromatic carbocycles. The van der Waals surface area contributed by atoms with Gasteiger partial charge in [-0.25, -0.2) is 0 Å². The molecule has 1 atom stereocenters. The van der Waals surface area contributed by atoms with Gasteiger partial charge in [0.2, 0.25) is 12.7 Å². The van der Waals surface area contributed by atoms with E-state index >= 15 is 0 Å². The molecule has 0 saturated carbocycles. The molecule has 1 aliphatic carbocycles. The SMILES string of the molecule is C[C@H]1CCc2c(sc(NC(=O)/C=C/c3ccc4c(c3)OCO4)c2C(N)=O)C1. The zero-order valence-electron chi connectivity index (χ0n) is 14.9. The third-order valence-corrected chi connectivity index (χ3v) is 5.99. The van der Waals surface area contributed by atoms with E-state index in [2.05, 4.69) is 12.2 Å². The summed E-state index contributed by atoms with van der Waals surface area (Å²) in [6.45, 7) is 2.40. The third kappa shape index (κ3) is 3.55. The van der Waals surface area contributed by atoms with Gasteiger partial charge in [0.1, 0.15) is 5.00 Å². The van der Waals surface area contributed by atoms with Crippen LogP contribution >= 0.6 is 11.3 Å². The summed E-state index contributed by atoms with van der Waals surface area (Å²) in [4.78, 5) is 25.5. The highest BCUT2D eigenvalue weighted by Gasteiger charge is 2.26. The van der Waals surface area contributed by atoms with Crippen LogP contribution in [0.25, 0.3) is 6.08 Å². The summed E-state index contributed by atoms with van der Waals surface area (Å²) in [7, 11) is 0. The minimum atomic E-state index is -0.489. The maximum atomic E-state index is 12.4. The summed E-state index contributed by atoms with van der Waals surface area (Å²) in [6, 6.07) is 5.46. The molecule has 7 heteroatoms. The first-order valence-electron chi connectivity index (χ1n) is 8.84. The summed E-state index contributed by atoms with van der Waals surface area (Å²) in [5, 5.41) is 3.37. The lowest BCUT2D eigenvalue weighted by Gasteiger charge is -2.18. The smallest absolute Gasteiger partial charge is 0.251 e. The first-order valence-corrected chi connectivity index (χ1v) is 9.66. The molecule has 1 aliphatic heterocycles. The van der Waals surface area contributed by atoms with E-state index in [4.69, 9.17) is 15.2 Å². The second-order valence-corrected chi connectivity index (χ2v) is 7.96. The molecule has 27 heavy (non-hydrogen) atoms.